The molecule has 2 aromatic carbocycles. The first kappa shape index (κ1) is 19.5. The smallest absolute Gasteiger partial charge is 0.151 e. The average Bonchev–Trinajstić information content (AvgIpc) is 2.64. The van der Waals surface area contributed by atoms with E-state index in [4.69, 9.17) is 4.74 Å². The Morgan fingerprint density at radius 1 is 0.724 bits per heavy atom. The molecule has 0 bridgehead atoms. The third-order valence-corrected chi connectivity index (χ3v) is 5.51. The monoisotopic (exact) mass is 386 g/mol. The molecule has 150 valence electrons. The molecule has 3 aromatic rings. The van der Waals surface area contributed by atoms with Gasteiger partial charge in [-0.3, -0.25) is 4.98 Å². The minimum atomic E-state index is 0.0577. The molecule has 1 aliphatic rings. The molecule has 0 radical (unpaired) electrons. The first-order valence-corrected chi connectivity index (χ1v) is 10.2. The van der Waals surface area contributed by atoms with Gasteiger partial charge >= 0.3 is 0 Å². The van der Waals surface area contributed by atoms with Gasteiger partial charge in [0.15, 0.2) is 11.5 Å². The summed E-state index contributed by atoms with van der Waals surface area (Å²) in [7, 11) is 0. The molecule has 3 nitrogen and oxygen atoms in total. The van der Waals surface area contributed by atoms with E-state index >= 15 is 0 Å². The second-order valence-corrected chi connectivity index (χ2v) is 9.96. The lowest BCUT2D eigenvalue weighted by atomic mass is 9.86. The standard InChI is InChI=1S/C26H30N2O/c1-17-8-11-20(16-27-17)28-21-12-9-18(25(2,3)4)14-23(21)29-24-15-19(26(5,6)7)10-13-22(24)28/h8-16H,1-7H3. The summed E-state index contributed by atoms with van der Waals surface area (Å²) in [5.74, 6) is 1.77. The van der Waals surface area contributed by atoms with Crippen molar-refractivity contribution in [1.29, 1.82) is 0 Å². The lowest BCUT2D eigenvalue weighted by molar-refractivity contribution is 0.469. The van der Waals surface area contributed by atoms with Crippen LogP contribution in [-0.4, -0.2) is 4.98 Å². The van der Waals surface area contributed by atoms with E-state index < -0.39 is 0 Å². The van der Waals surface area contributed by atoms with Gasteiger partial charge in [-0.2, -0.15) is 0 Å². The maximum absolute atomic E-state index is 6.46. The third-order valence-electron chi connectivity index (χ3n) is 5.51. The lowest BCUT2D eigenvalue weighted by Gasteiger charge is -2.34. The molecule has 1 aromatic heterocycles. The maximum Gasteiger partial charge on any atom is 0.151 e. The fourth-order valence-electron chi connectivity index (χ4n) is 3.61. The van der Waals surface area contributed by atoms with Crippen LogP contribution in [0.15, 0.2) is 54.7 Å². The number of rotatable bonds is 1. The van der Waals surface area contributed by atoms with Crippen molar-refractivity contribution in [2.75, 3.05) is 4.90 Å². The van der Waals surface area contributed by atoms with Crippen LogP contribution >= 0.6 is 0 Å². The van der Waals surface area contributed by atoms with Crippen LogP contribution in [0, 0.1) is 6.92 Å². The van der Waals surface area contributed by atoms with E-state index in [2.05, 4.69) is 100.0 Å². The molecule has 0 amide bonds. The van der Waals surface area contributed by atoms with E-state index in [0.717, 1.165) is 34.3 Å². The highest BCUT2D eigenvalue weighted by molar-refractivity contribution is 5.86. The lowest BCUT2D eigenvalue weighted by Crippen LogP contribution is -2.19. The molecule has 4 rings (SSSR count). The molecule has 0 atom stereocenters. The summed E-state index contributed by atoms with van der Waals surface area (Å²) in [5, 5.41) is 0. The summed E-state index contributed by atoms with van der Waals surface area (Å²) in [4.78, 5) is 6.78. The molecule has 1 aliphatic heterocycles. The molecule has 0 unspecified atom stereocenters. The first-order chi connectivity index (χ1) is 13.5. The van der Waals surface area contributed by atoms with Crippen molar-refractivity contribution in [1.82, 2.24) is 4.98 Å². The Hall–Kier alpha value is -2.81. The highest BCUT2D eigenvalue weighted by Crippen LogP contribution is 2.51. The molecule has 29 heavy (non-hydrogen) atoms. The number of pyridine rings is 1. The van der Waals surface area contributed by atoms with Gasteiger partial charge in [0.05, 0.1) is 23.3 Å². The number of hydrogen-bond acceptors (Lipinski definition) is 3. The molecular weight excluding hydrogens is 356 g/mol. The van der Waals surface area contributed by atoms with Crippen molar-refractivity contribution >= 4 is 17.1 Å². The number of benzene rings is 2. The number of aryl methyl sites for hydroxylation is 1. The molecule has 0 N–H and O–H groups in total. The quantitative estimate of drug-likeness (QED) is 0.337. The number of anilines is 3. The fourth-order valence-corrected chi connectivity index (χ4v) is 3.61. The van der Waals surface area contributed by atoms with Gasteiger partial charge in [-0.1, -0.05) is 53.7 Å². The van der Waals surface area contributed by atoms with Crippen LogP contribution in [0.2, 0.25) is 0 Å². The molecule has 0 spiro atoms. The van der Waals surface area contributed by atoms with E-state index in [1.54, 1.807) is 0 Å². The van der Waals surface area contributed by atoms with Crippen molar-refractivity contribution in [2.45, 2.75) is 59.3 Å². The van der Waals surface area contributed by atoms with Crippen LogP contribution in [0.4, 0.5) is 17.1 Å². The highest BCUT2D eigenvalue weighted by Gasteiger charge is 2.29. The van der Waals surface area contributed by atoms with Crippen LogP contribution in [0.3, 0.4) is 0 Å². The van der Waals surface area contributed by atoms with Gasteiger partial charge in [0, 0.05) is 5.69 Å². The maximum atomic E-state index is 6.46. The molecule has 0 aliphatic carbocycles. The zero-order chi connectivity index (χ0) is 21.0. The number of nitrogens with zero attached hydrogens (tertiary/aromatic N) is 2. The molecule has 0 saturated heterocycles. The molecule has 2 heterocycles. The van der Waals surface area contributed by atoms with Crippen molar-refractivity contribution in [3.63, 3.8) is 0 Å². The van der Waals surface area contributed by atoms with Crippen molar-refractivity contribution in [2.24, 2.45) is 0 Å². The summed E-state index contributed by atoms with van der Waals surface area (Å²) in [6.07, 6.45) is 1.93. The van der Waals surface area contributed by atoms with E-state index in [-0.39, 0.29) is 10.8 Å². The molecular formula is C26H30N2O. The normalized spacial score (nSPS) is 13.6. The minimum Gasteiger partial charge on any atom is -0.453 e. The third kappa shape index (κ3) is 3.62. The Kier molecular flexibility index (Phi) is 4.45. The minimum absolute atomic E-state index is 0.0577. The summed E-state index contributed by atoms with van der Waals surface area (Å²) >= 11 is 0. The van der Waals surface area contributed by atoms with Gasteiger partial charge in [0.2, 0.25) is 0 Å². The Morgan fingerprint density at radius 2 is 1.24 bits per heavy atom. The summed E-state index contributed by atoms with van der Waals surface area (Å²) in [5.41, 5.74) is 6.76. The van der Waals surface area contributed by atoms with E-state index in [0.29, 0.717) is 0 Å². The largest absolute Gasteiger partial charge is 0.453 e. The zero-order valence-corrected chi connectivity index (χ0v) is 18.5. The van der Waals surface area contributed by atoms with Gasteiger partial charge in [0.25, 0.3) is 0 Å². The van der Waals surface area contributed by atoms with Crippen molar-refractivity contribution in [3.05, 3.63) is 71.5 Å². The topological polar surface area (TPSA) is 25.4 Å². The summed E-state index contributed by atoms with van der Waals surface area (Å²) in [6, 6.07) is 17.3. The van der Waals surface area contributed by atoms with E-state index in [1.165, 1.54) is 11.1 Å². The predicted octanol–water partition coefficient (Wildman–Crippen LogP) is 7.56. The Balaban J connectivity index is 1.92. The molecule has 0 saturated carbocycles. The van der Waals surface area contributed by atoms with E-state index in [9.17, 15) is 0 Å². The van der Waals surface area contributed by atoms with Crippen molar-refractivity contribution in [3.8, 4) is 11.5 Å². The van der Waals surface area contributed by atoms with Crippen LogP contribution in [0.25, 0.3) is 0 Å². The Labute approximate surface area is 174 Å². The van der Waals surface area contributed by atoms with Crippen molar-refractivity contribution < 1.29 is 4.74 Å². The van der Waals surface area contributed by atoms with Crippen LogP contribution in [-0.2, 0) is 10.8 Å². The average molecular weight is 387 g/mol. The second kappa shape index (κ2) is 6.62. The Morgan fingerprint density at radius 3 is 1.66 bits per heavy atom. The predicted molar refractivity (Wildman–Crippen MR) is 121 cm³/mol. The van der Waals surface area contributed by atoms with E-state index in [1.807, 2.05) is 13.1 Å². The highest BCUT2D eigenvalue weighted by atomic mass is 16.5. The number of aromatic nitrogens is 1. The van der Waals surface area contributed by atoms with Gasteiger partial charge in [-0.25, -0.2) is 0 Å². The zero-order valence-electron chi connectivity index (χ0n) is 18.5. The number of hydrogen-bond donors (Lipinski definition) is 0. The fraction of sp³-hybridized carbons (Fsp3) is 0.346. The van der Waals surface area contributed by atoms with Gasteiger partial charge < -0.3 is 9.64 Å². The summed E-state index contributed by atoms with van der Waals surface area (Å²) in [6.45, 7) is 15.4. The second-order valence-electron chi connectivity index (χ2n) is 9.96. The van der Waals surface area contributed by atoms with Gasteiger partial charge in [0.1, 0.15) is 0 Å². The van der Waals surface area contributed by atoms with Gasteiger partial charge in [-0.15, -0.1) is 0 Å². The van der Waals surface area contributed by atoms with Crippen LogP contribution < -0.4 is 9.64 Å². The van der Waals surface area contributed by atoms with Crippen LogP contribution in [0.5, 0.6) is 11.5 Å². The van der Waals surface area contributed by atoms with Crippen LogP contribution in [0.1, 0.15) is 58.4 Å². The number of ether oxygens (including phenoxy) is 1. The summed E-state index contributed by atoms with van der Waals surface area (Å²) < 4.78 is 6.46. The van der Waals surface area contributed by atoms with Gasteiger partial charge in [-0.05, 0) is 65.3 Å². The number of fused-ring (bicyclic) bond motifs is 2. The Bertz CT molecular complexity index is 990. The SMILES string of the molecule is Cc1ccc(N2c3ccc(C(C)(C)C)cc3Oc3cc(C(C)(C)C)ccc32)cn1. The molecule has 0 fully saturated rings. The molecule has 3 heteroatoms. The first-order valence-electron chi connectivity index (χ1n) is 10.2.